The third-order valence-electron chi connectivity index (χ3n) is 3.11. The van der Waals surface area contributed by atoms with E-state index in [1.165, 1.54) is 19.1 Å². The zero-order chi connectivity index (χ0) is 18.4. The average molecular weight is 363 g/mol. The number of carbonyl (C=O) groups is 2. The second kappa shape index (κ2) is 8.63. The number of hydrogen-bond donors (Lipinski definition) is 0. The van der Waals surface area contributed by atoms with E-state index in [1.54, 1.807) is 6.92 Å². The first-order chi connectivity index (χ1) is 11.2. The Morgan fingerprint density at radius 3 is 2.42 bits per heavy atom. The van der Waals surface area contributed by atoms with Gasteiger partial charge in [0.1, 0.15) is 11.7 Å². The molecule has 8 heteroatoms. The zero-order valence-corrected chi connectivity index (χ0v) is 14.2. The largest absolute Gasteiger partial charge is 0.466 e. The van der Waals surface area contributed by atoms with E-state index in [-0.39, 0.29) is 34.1 Å². The molecule has 1 aromatic rings. The molecular weight excluding hydrogens is 346 g/mol. The minimum absolute atomic E-state index is 0.0864. The lowest BCUT2D eigenvalue weighted by atomic mass is 9.90. The maximum Gasteiger partial charge on any atom is 0.387 e. The summed E-state index contributed by atoms with van der Waals surface area (Å²) >= 11 is 5.97. The van der Waals surface area contributed by atoms with Gasteiger partial charge in [0.15, 0.2) is 0 Å². The summed E-state index contributed by atoms with van der Waals surface area (Å²) in [6, 6.07) is 2.65. The highest BCUT2D eigenvalue weighted by Gasteiger charge is 2.31. The van der Waals surface area contributed by atoms with E-state index in [2.05, 4.69) is 16.1 Å². The molecule has 5 nitrogen and oxygen atoms in total. The lowest BCUT2D eigenvalue weighted by Crippen LogP contribution is -2.22. The Labute approximate surface area is 143 Å². The Hall–Kier alpha value is -2.15. The Balaban J connectivity index is 3.35. The van der Waals surface area contributed by atoms with Crippen molar-refractivity contribution in [3.05, 3.63) is 40.4 Å². The maximum absolute atomic E-state index is 12.4. The van der Waals surface area contributed by atoms with Gasteiger partial charge in [-0.1, -0.05) is 24.2 Å². The van der Waals surface area contributed by atoms with Crippen LogP contribution in [0.5, 0.6) is 5.75 Å². The summed E-state index contributed by atoms with van der Waals surface area (Å²) in [4.78, 5) is 23.9. The summed E-state index contributed by atoms with van der Waals surface area (Å²) in [5.74, 6) is -2.91. The molecule has 1 rings (SSSR count). The van der Waals surface area contributed by atoms with E-state index in [9.17, 15) is 18.4 Å². The van der Waals surface area contributed by atoms with Gasteiger partial charge >= 0.3 is 18.6 Å². The molecule has 0 spiro atoms. The van der Waals surface area contributed by atoms with E-state index >= 15 is 0 Å². The van der Waals surface area contributed by atoms with Crippen LogP contribution in [0.1, 0.15) is 24.0 Å². The predicted molar refractivity (Wildman–Crippen MR) is 83.4 cm³/mol. The fourth-order valence-corrected chi connectivity index (χ4v) is 2.44. The molecule has 1 unspecified atom stereocenters. The van der Waals surface area contributed by atoms with Crippen molar-refractivity contribution in [3.8, 4) is 5.75 Å². The number of aryl methyl sites for hydroxylation is 1. The van der Waals surface area contributed by atoms with Gasteiger partial charge in [0.2, 0.25) is 0 Å². The first-order valence-corrected chi connectivity index (χ1v) is 7.29. The van der Waals surface area contributed by atoms with Gasteiger partial charge in [0.05, 0.1) is 18.7 Å². The van der Waals surface area contributed by atoms with Gasteiger partial charge < -0.3 is 14.2 Å². The van der Waals surface area contributed by atoms with Crippen molar-refractivity contribution in [2.24, 2.45) is 0 Å². The molecule has 0 bridgehead atoms. The number of benzene rings is 1. The molecule has 0 radical (unpaired) electrons. The Kier molecular flexibility index (Phi) is 7.16. The van der Waals surface area contributed by atoms with Crippen LogP contribution in [-0.2, 0) is 19.1 Å². The summed E-state index contributed by atoms with van der Waals surface area (Å²) in [5.41, 5.74) is 0.367. The zero-order valence-electron chi connectivity index (χ0n) is 13.4. The summed E-state index contributed by atoms with van der Waals surface area (Å²) < 4.78 is 38.7. The molecule has 0 fully saturated rings. The second-order valence-corrected chi connectivity index (χ2v) is 5.14. The SMILES string of the molecule is C=C(C(=O)OC)C(C(=O)OCC)c1cc(C)c(OC(F)F)c(Cl)c1. The van der Waals surface area contributed by atoms with Crippen molar-refractivity contribution < 1.29 is 32.6 Å². The van der Waals surface area contributed by atoms with Crippen LogP contribution in [0.2, 0.25) is 5.02 Å². The Morgan fingerprint density at radius 1 is 1.33 bits per heavy atom. The molecule has 0 saturated heterocycles. The van der Waals surface area contributed by atoms with Gasteiger partial charge in [-0.2, -0.15) is 8.78 Å². The molecule has 0 aliphatic rings. The fraction of sp³-hybridized carbons (Fsp3) is 0.375. The molecule has 0 aliphatic heterocycles. The fourth-order valence-electron chi connectivity index (χ4n) is 2.12. The third kappa shape index (κ3) is 4.67. The van der Waals surface area contributed by atoms with Crippen molar-refractivity contribution in [1.29, 1.82) is 0 Å². The first-order valence-electron chi connectivity index (χ1n) is 6.91. The van der Waals surface area contributed by atoms with Crippen LogP contribution < -0.4 is 4.74 Å². The lowest BCUT2D eigenvalue weighted by molar-refractivity contribution is -0.146. The summed E-state index contributed by atoms with van der Waals surface area (Å²) in [6.45, 7) is 3.70. The van der Waals surface area contributed by atoms with Crippen molar-refractivity contribution in [3.63, 3.8) is 0 Å². The van der Waals surface area contributed by atoms with Crippen LogP contribution in [0.4, 0.5) is 8.78 Å². The number of halogens is 3. The molecule has 24 heavy (non-hydrogen) atoms. The van der Waals surface area contributed by atoms with Crippen LogP contribution in [0.3, 0.4) is 0 Å². The van der Waals surface area contributed by atoms with Gasteiger partial charge in [-0.3, -0.25) is 4.79 Å². The summed E-state index contributed by atoms with van der Waals surface area (Å²) in [5, 5.41) is -0.128. The van der Waals surface area contributed by atoms with Gasteiger partial charge in [0.25, 0.3) is 0 Å². The molecular formula is C16H17ClF2O5. The van der Waals surface area contributed by atoms with Crippen LogP contribution in [-0.4, -0.2) is 32.3 Å². The number of rotatable bonds is 7. The first kappa shape index (κ1) is 19.9. The minimum atomic E-state index is -3.04. The highest BCUT2D eigenvalue weighted by molar-refractivity contribution is 6.32. The van der Waals surface area contributed by atoms with Gasteiger partial charge in [-0.05, 0) is 31.0 Å². The predicted octanol–water partition coefficient (Wildman–Crippen LogP) is 3.63. The molecule has 0 aromatic heterocycles. The number of methoxy groups -OCH3 is 1. The number of alkyl halides is 2. The Bertz CT molecular complexity index is 622. The molecule has 0 N–H and O–H groups in total. The molecule has 0 amide bonds. The standard InChI is InChI=1S/C16H17ClF2O5/c1-5-23-15(21)12(9(3)14(20)22-4)10-6-8(2)13(11(17)7-10)24-16(18)19/h6-7,12,16H,3,5H2,1-2,4H3. The lowest BCUT2D eigenvalue weighted by Gasteiger charge is -2.19. The van der Waals surface area contributed by atoms with Gasteiger partial charge in [-0.15, -0.1) is 0 Å². The number of ether oxygens (including phenoxy) is 3. The van der Waals surface area contributed by atoms with E-state index in [1.807, 2.05) is 0 Å². The topological polar surface area (TPSA) is 61.8 Å². The van der Waals surface area contributed by atoms with E-state index in [0.29, 0.717) is 0 Å². The van der Waals surface area contributed by atoms with Gasteiger partial charge in [0, 0.05) is 5.57 Å². The normalized spacial score (nSPS) is 11.8. The highest BCUT2D eigenvalue weighted by atomic mass is 35.5. The Morgan fingerprint density at radius 2 is 1.96 bits per heavy atom. The minimum Gasteiger partial charge on any atom is -0.466 e. The van der Waals surface area contributed by atoms with Crippen LogP contribution in [0.25, 0.3) is 0 Å². The van der Waals surface area contributed by atoms with Crippen molar-refractivity contribution in [1.82, 2.24) is 0 Å². The van der Waals surface area contributed by atoms with Crippen molar-refractivity contribution >= 4 is 23.5 Å². The smallest absolute Gasteiger partial charge is 0.387 e. The summed E-state index contributed by atoms with van der Waals surface area (Å²) in [6.07, 6.45) is 0. The average Bonchev–Trinajstić information content (AvgIpc) is 2.50. The molecule has 0 heterocycles. The molecule has 0 saturated carbocycles. The van der Waals surface area contributed by atoms with Crippen LogP contribution in [0.15, 0.2) is 24.3 Å². The van der Waals surface area contributed by atoms with Gasteiger partial charge in [-0.25, -0.2) is 4.79 Å². The summed E-state index contributed by atoms with van der Waals surface area (Å²) in [7, 11) is 1.15. The highest BCUT2D eigenvalue weighted by Crippen LogP contribution is 2.36. The van der Waals surface area contributed by atoms with Crippen molar-refractivity contribution in [2.45, 2.75) is 26.4 Å². The van der Waals surface area contributed by atoms with E-state index in [0.717, 1.165) is 7.11 Å². The number of esters is 2. The number of carbonyl (C=O) groups excluding carboxylic acids is 2. The maximum atomic E-state index is 12.4. The molecule has 0 aliphatic carbocycles. The van der Waals surface area contributed by atoms with E-state index in [4.69, 9.17) is 16.3 Å². The monoisotopic (exact) mass is 362 g/mol. The van der Waals surface area contributed by atoms with Crippen LogP contribution >= 0.6 is 11.6 Å². The molecule has 1 atom stereocenters. The molecule has 132 valence electrons. The second-order valence-electron chi connectivity index (χ2n) is 4.73. The molecule has 1 aromatic carbocycles. The number of hydrogen-bond acceptors (Lipinski definition) is 5. The quantitative estimate of drug-likeness (QED) is 0.547. The van der Waals surface area contributed by atoms with Crippen LogP contribution in [0, 0.1) is 6.92 Å². The van der Waals surface area contributed by atoms with Crippen molar-refractivity contribution in [2.75, 3.05) is 13.7 Å². The third-order valence-corrected chi connectivity index (χ3v) is 3.39. The van der Waals surface area contributed by atoms with E-state index < -0.39 is 24.5 Å².